The summed E-state index contributed by atoms with van der Waals surface area (Å²) in [6.07, 6.45) is -0.260. The zero-order valence-corrected chi connectivity index (χ0v) is 29.9. The predicted molar refractivity (Wildman–Crippen MR) is 195 cm³/mol. The van der Waals surface area contributed by atoms with Crippen LogP contribution in [0.1, 0.15) is 48.8 Å². The van der Waals surface area contributed by atoms with Gasteiger partial charge in [-0.25, -0.2) is 13.8 Å². The van der Waals surface area contributed by atoms with Gasteiger partial charge in [0.25, 0.3) is 5.91 Å². The lowest BCUT2D eigenvalue weighted by Crippen LogP contribution is -2.44. The highest BCUT2D eigenvalue weighted by Crippen LogP contribution is 2.33. The van der Waals surface area contributed by atoms with Gasteiger partial charge in [0.1, 0.15) is 13.2 Å². The maximum Gasteiger partial charge on any atom is 0.416 e. The summed E-state index contributed by atoms with van der Waals surface area (Å²) in [5.41, 5.74) is 1.81. The van der Waals surface area contributed by atoms with Crippen molar-refractivity contribution in [3.8, 4) is 11.1 Å². The van der Waals surface area contributed by atoms with E-state index in [2.05, 4.69) is 0 Å². The molecule has 1 aliphatic carbocycles. The zero-order valence-electron chi connectivity index (χ0n) is 29.1. The molecule has 6 nitrogen and oxygen atoms in total. The van der Waals surface area contributed by atoms with Gasteiger partial charge in [-0.3, -0.25) is 14.4 Å². The van der Waals surface area contributed by atoms with Crippen molar-refractivity contribution in [3.05, 3.63) is 136 Å². The van der Waals surface area contributed by atoms with Gasteiger partial charge in [0, 0.05) is 36.5 Å². The third kappa shape index (κ3) is 9.35. The second-order valence-corrected chi connectivity index (χ2v) is 14.2. The molecule has 12 heteroatoms. The zero-order chi connectivity index (χ0) is 37.5. The van der Waals surface area contributed by atoms with Crippen molar-refractivity contribution in [2.24, 2.45) is 5.92 Å². The van der Waals surface area contributed by atoms with Gasteiger partial charge in [-0.15, -0.1) is 11.8 Å². The summed E-state index contributed by atoms with van der Waals surface area (Å²) in [5.74, 6) is -1.76. The van der Waals surface area contributed by atoms with E-state index in [1.165, 1.54) is 35.4 Å². The molecule has 5 aromatic rings. The summed E-state index contributed by atoms with van der Waals surface area (Å²) in [6.45, 7) is 0.551. The Hall–Kier alpha value is -4.52. The van der Waals surface area contributed by atoms with Crippen LogP contribution in [0.15, 0.2) is 107 Å². The first kappa shape index (κ1) is 38.2. The quantitative estimate of drug-likeness (QED) is 0.0682. The molecule has 0 unspecified atom stereocenters. The average Bonchev–Trinajstić information content (AvgIpc) is 3.16. The summed E-state index contributed by atoms with van der Waals surface area (Å²) in [7, 11) is 1.68. The number of nitrogens with zero attached hydrogens (tertiary/aromatic N) is 2. The molecular weight excluding hydrogens is 712 g/mol. The van der Waals surface area contributed by atoms with E-state index in [-0.39, 0.29) is 41.8 Å². The molecule has 0 saturated heterocycles. The van der Waals surface area contributed by atoms with E-state index in [9.17, 15) is 31.5 Å². The molecule has 0 bridgehead atoms. The second-order valence-electron chi connectivity index (χ2n) is 13.2. The van der Waals surface area contributed by atoms with E-state index in [4.69, 9.17) is 9.57 Å². The van der Waals surface area contributed by atoms with Crippen LogP contribution >= 0.6 is 11.8 Å². The van der Waals surface area contributed by atoms with E-state index in [0.29, 0.717) is 34.0 Å². The number of pyridine rings is 1. The molecule has 53 heavy (non-hydrogen) atoms. The number of hydrogen-bond acceptors (Lipinski definition) is 5. The Labute approximate surface area is 308 Å². The summed E-state index contributed by atoms with van der Waals surface area (Å²) < 4.78 is 74.7. The van der Waals surface area contributed by atoms with E-state index in [1.54, 1.807) is 48.1 Å². The highest BCUT2D eigenvalue weighted by Gasteiger charge is 2.31. The molecule has 278 valence electrons. The van der Waals surface area contributed by atoms with E-state index in [0.717, 1.165) is 73.2 Å². The molecule has 0 radical (unpaired) electrons. The maximum absolute atomic E-state index is 14.6. The van der Waals surface area contributed by atoms with Crippen molar-refractivity contribution < 1.29 is 36.3 Å². The maximum atomic E-state index is 14.6. The molecule has 0 spiro atoms. The van der Waals surface area contributed by atoms with Gasteiger partial charge in [0.15, 0.2) is 17.1 Å². The molecule has 1 amide bonds. The van der Waals surface area contributed by atoms with Gasteiger partial charge in [0.05, 0.1) is 22.1 Å². The lowest BCUT2D eigenvalue weighted by Gasteiger charge is -2.36. The van der Waals surface area contributed by atoms with Gasteiger partial charge in [-0.2, -0.15) is 13.2 Å². The Morgan fingerprint density at radius 3 is 2.25 bits per heavy atom. The summed E-state index contributed by atoms with van der Waals surface area (Å²) >= 11 is 1.14. The van der Waals surface area contributed by atoms with Crippen molar-refractivity contribution in [2.45, 2.75) is 68.3 Å². The number of hydroxylamine groups is 2. The number of amides is 1. The molecule has 6 rings (SSSR count). The van der Waals surface area contributed by atoms with Crippen molar-refractivity contribution in [2.75, 3.05) is 13.7 Å². The topological polar surface area (TPSA) is 60.8 Å². The first-order valence-corrected chi connectivity index (χ1v) is 18.4. The Morgan fingerprint density at radius 1 is 0.887 bits per heavy atom. The normalized spacial score (nSPS) is 16.2. The van der Waals surface area contributed by atoms with Gasteiger partial charge >= 0.3 is 6.18 Å². The number of fused-ring (bicyclic) bond motifs is 1. The Bertz CT molecular complexity index is 2080. The van der Waals surface area contributed by atoms with Crippen LogP contribution in [-0.4, -0.2) is 35.3 Å². The number of ether oxygens (including phenoxy) is 1. The van der Waals surface area contributed by atoms with Crippen LogP contribution in [0.3, 0.4) is 0 Å². The molecule has 1 aromatic heterocycles. The number of carbonyl (C=O) groups is 1. The number of thioether (sulfide) groups is 1. The fourth-order valence-electron chi connectivity index (χ4n) is 6.73. The van der Waals surface area contributed by atoms with Crippen LogP contribution in [0.5, 0.6) is 0 Å². The standard InChI is InChI=1S/C41H39F5N2O4S/c1-51-22-21-27-11-19-33(20-12-27)48(52-25-28-9-13-29(14-10-28)30-15-17-32(18-16-30)41(44,45)46)38(50)24-47-36-8-3-2-6-34(36)37(49)23-39(47)53-26-31-5-4-7-35(42)40(31)43/h2-10,13-18,23,27,33H,11-12,19-22,24-26H2,1H3. The molecule has 1 saturated carbocycles. The fourth-order valence-corrected chi connectivity index (χ4v) is 7.76. The molecular formula is C41H39F5N2O4S. The van der Waals surface area contributed by atoms with Crippen LogP contribution in [0.4, 0.5) is 22.0 Å². The highest BCUT2D eigenvalue weighted by molar-refractivity contribution is 7.98. The molecule has 0 atom stereocenters. The third-order valence-corrected chi connectivity index (χ3v) is 10.8. The third-order valence-electron chi connectivity index (χ3n) is 9.68. The second kappa shape index (κ2) is 17.1. The molecule has 0 aliphatic heterocycles. The van der Waals surface area contributed by atoms with E-state index >= 15 is 0 Å². The first-order valence-electron chi connectivity index (χ1n) is 17.4. The summed E-state index contributed by atoms with van der Waals surface area (Å²) in [6, 6.07) is 24.3. The lowest BCUT2D eigenvalue weighted by atomic mass is 9.84. The molecule has 0 N–H and O–H groups in total. The Balaban J connectivity index is 1.24. The highest BCUT2D eigenvalue weighted by atomic mass is 32.2. The van der Waals surface area contributed by atoms with Gasteiger partial charge in [-0.1, -0.05) is 60.7 Å². The van der Waals surface area contributed by atoms with Crippen molar-refractivity contribution in [1.82, 2.24) is 9.63 Å². The van der Waals surface area contributed by atoms with Crippen molar-refractivity contribution in [1.29, 1.82) is 0 Å². The number of alkyl halides is 3. The van der Waals surface area contributed by atoms with Crippen LogP contribution in [0, 0.1) is 17.6 Å². The van der Waals surface area contributed by atoms with Crippen LogP contribution < -0.4 is 5.43 Å². The smallest absolute Gasteiger partial charge is 0.385 e. The number of methoxy groups -OCH3 is 1. The predicted octanol–water partition coefficient (Wildman–Crippen LogP) is 9.81. The Morgan fingerprint density at radius 2 is 1.57 bits per heavy atom. The minimum atomic E-state index is -4.42. The van der Waals surface area contributed by atoms with Gasteiger partial charge in [-0.05, 0) is 85.0 Å². The van der Waals surface area contributed by atoms with E-state index in [1.807, 2.05) is 12.1 Å². The fraction of sp³-hybridized carbons (Fsp3) is 0.317. The number of hydrogen-bond donors (Lipinski definition) is 0. The van der Waals surface area contributed by atoms with Crippen LogP contribution in [-0.2, 0) is 39.4 Å². The molecule has 1 fully saturated rings. The van der Waals surface area contributed by atoms with Crippen molar-refractivity contribution in [3.63, 3.8) is 0 Å². The minimum absolute atomic E-state index is 0.0315. The Kier molecular flexibility index (Phi) is 12.3. The van der Waals surface area contributed by atoms with Gasteiger partial charge < -0.3 is 9.30 Å². The van der Waals surface area contributed by atoms with E-state index < -0.39 is 23.4 Å². The largest absolute Gasteiger partial charge is 0.416 e. The minimum Gasteiger partial charge on any atom is -0.385 e. The number of rotatable bonds is 13. The van der Waals surface area contributed by atoms with Crippen LogP contribution in [0.25, 0.3) is 22.0 Å². The number of benzene rings is 4. The van der Waals surface area contributed by atoms with Gasteiger partial charge in [0.2, 0.25) is 0 Å². The average molecular weight is 751 g/mol. The van der Waals surface area contributed by atoms with Crippen LogP contribution in [0.2, 0.25) is 0 Å². The molecule has 4 aromatic carbocycles. The lowest BCUT2D eigenvalue weighted by molar-refractivity contribution is -0.211. The number of para-hydroxylation sites is 1. The SMILES string of the molecule is COCCC1CCC(N(OCc2ccc(-c3ccc(C(F)(F)F)cc3)cc2)C(=O)Cn2c(SCc3cccc(F)c3F)cc(=O)c3ccccc32)CC1. The monoisotopic (exact) mass is 750 g/mol. The summed E-state index contributed by atoms with van der Waals surface area (Å²) in [4.78, 5) is 33.8. The number of halogens is 5. The number of carbonyl (C=O) groups excluding carboxylic acids is 1. The first-order chi connectivity index (χ1) is 25.5. The van der Waals surface area contributed by atoms with Crippen molar-refractivity contribution >= 4 is 28.6 Å². The molecule has 1 heterocycles. The number of aromatic nitrogens is 1. The summed E-state index contributed by atoms with van der Waals surface area (Å²) in [5, 5.41) is 2.29. The molecule has 1 aliphatic rings.